The average molecular weight is 347 g/mol. The van der Waals surface area contributed by atoms with E-state index in [1.807, 2.05) is 0 Å². The summed E-state index contributed by atoms with van der Waals surface area (Å²) in [6, 6.07) is 6.85. The smallest absolute Gasteiger partial charge is 0.322 e. The number of rotatable bonds is 5. The maximum absolute atomic E-state index is 12.8. The van der Waals surface area contributed by atoms with E-state index in [0.29, 0.717) is 24.3 Å². The Morgan fingerprint density at radius 3 is 2.64 bits per heavy atom. The molecule has 0 unspecified atom stereocenters. The third-order valence-electron chi connectivity index (χ3n) is 4.96. The average Bonchev–Trinajstić information content (AvgIpc) is 3.02. The summed E-state index contributed by atoms with van der Waals surface area (Å²) in [7, 11) is 0. The highest BCUT2D eigenvalue weighted by Gasteiger charge is 2.38. The first kappa shape index (κ1) is 17.7. The van der Waals surface area contributed by atoms with Crippen molar-refractivity contribution in [2.75, 3.05) is 38.0 Å². The Balaban J connectivity index is 1.65. The van der Waals surface area contributed by atoms with Crippen LogP contribution in [0.3, 0.4) is 0 Å². The number of anilines is 1. The molecule has 2 atom stereocenters. The number of amides is 1. The summed E-state index contributed by atoms with van der Waals surface area (Å²) >= 11 is 0. The van der Waals surface area contributed by atoms with E-state index in [4.69, 9.17) is 5.11 Å². The minimum Gasteiger partial charge on any atom is -0.480 e. The second kappa shape index (κ2) is 7.84. The van der Waals surface area contributed by atoms with Gasteiger partial charge in [-0.3, -0.25) is 14.5 Å². The van der Waals surface area contributed by atoms with Gasteiger partial charge in [0, 0.05) is 24.3 Å². The van der Waals surface area contributed by atoms with Crippen LogP contribution < -0.4 is 5.32 Å². The number of nitrogens with one attached hydrogen (secondary N) is 1. The number of carboxylic acid groups (broad SMARTS) is 1. The number of benzene rings is 1. The van der Waals surface area contributed by atoms with Crippen LogP contribution in [0, 0.1) is 0 Å². The molecule has 136 valence electrons. The minimum absolute atomic E-state index is 0.0116. The van der Waals surface area contributed by atoms with Gasteiger partial charge in [-0.05, 0) is 44.1 Å². The summed E-state index contributed by atoms with van der Waals surface area (Å²) in [6.07, 6.45) is 3.01. The van der Waals surface area contributed by atoms with E-state index in [0.717, 1.165) is 25.9 Å². The number of nitrogens with zero attached hydrogens (tertiary/aromatic N) is 2. The van der Waals surface area contributed by atoms with Crippen LogP contribution in [0.2, 0.25) is 0 Å². The summed E-state index contributed by atoms with van der Waals surface area (Å²) in [5.41, 5.74) is 1.10. The zero-order valence-electron chi connectivity index (χ0n) is 14.2. The van der Waals surface area contributed by atoms with Crippen molar-refractivity contribution in [3.63, 3.8) is 0 Å². The number of carbonyl (C=O) groups is 2. The predicted octanol–water partition coefficient (Wildman–Crippen LogP) is 0.854. The molecule has 3 N–H and O–H groups in total. The third kappa shape index (κ3) is 4.29. The van der Waals surface area contributed by atoms with Crippen LogP contribution >= 0.6 is 0 Å². The van der Waals surface area contributed by atoms with Crippen LogP contribution in [0.15, 0.2) is 24.3 Å². The number of hydrogen-bond donors (Lipinski definition) is 3. The molecule has 3 rings (SSSR count). The van der Waals surface area contributed by atoms with Crippen LogP contribution in [0.4, 0.5) is 5.69 Å². The summed E-state index contributed by atoms with van der Waals surface area (Å²) in [4.78, 5) is 27.4. The van der Waals surface area contributed by atoms with Crippen molar-refractivity contribution >= 4 is 17.6 Å². The lowest BCUT2D eigenvalue weighted by molar-refractivity contribution is -0.134. The maximum atomic E-state index is 12.8. The number of aliphatic hydroxyl groups excluding tert-OH is 1. The molecule has 0 saturated carbocycles. The zero-order valence-corrected chi connectivity index (χ0v) is 14.2. The first-order valence-electron chi connectivity index (χ1n) is 8.82. The molecule has 0 radical (unpaired) electrons. The minimum atomic E-state index is -0.955. The van der Waals surface area contributed by atoms with E-state index in [1.165, 1.54) is 6.42 Å². The summed E-state index contributed by atoms with van der Waals surface area (Å²) < 4.78 is 0. The summed E-state index contributed by atoms with van der Waals surface area (Å²) in [6.45, 7) is 2.65. The molecule has 7 nitrogen and oxygen atoms in total. The largest absolute Gasteiger partial charge is 0.480 e. The van der Waals surface area contributed by atoms with E-state index in [1.54, 1.807) is 29.2 Å². The van der Waals surface area contributed by atoms with Crippen molar-refractivity contribution in [3.05, 3.63) is 29.8 Å². The van der Waals surface area contributed by atoms with Gasteiger partial charge >= 0.3 is 5.97 Å². The molecule has 0 spiro atoms. The molecular weight excluding hydrogens is 322 g/mol. The molecule has 1 aromatic carbocycles. The number of piperidine rings is 1. The fraction of sp³-hybridized carbons (Fsp3) is 0.556. The first-order chi connectivity index (χ1) is 12.0. The molecule has 0 bridgehead atoms. The van der Waals surface area contributed by atoms with Gasteiger partial charge in [0.25, 0.3) is 5.91 Å². The van der Waals surface area contributed by atoms with Gasteiger partial charge in [-0.2, -0.15) is 0 Å². The molecule has 25 heavy (non-hydrogen) atoms. The van der Waals surface area contributed by atoms with Gasteiger partial charge < -0.3 is 20.4 Å². The SMILES string of the molecule is O=C(O)CNc1cccc(C(=O)N2C[C@H](O)[C@@H](N3CCCCC3)C2)c1. The van der Waals surface area contributed by atoms with Crippen LogP contribution in [-0.2, 0) is 4.79 Å². The molecule has 0 aliphatic carbocycles. The molecule has 2 heterocycles. The van der Waals surface area contributed by atoms with E-state index < -0.39 is 12.1 Å². The van der Waals surface area contributed by atoms with Crippen molar-refractivity contribution in [1.29, 1.82) is 0 Å². The van der Waals surface area contributed by atoms with E-state index in [-0.39, 0.29) is 18.5 Å². The Labute approximate surface area is 147 Å². The van der Waals surface area contributed by atoms with Gasteiger partial charge in [0.05, 0.1) is 12.1 Å². The zero-order chi connectivity index (χ0) is 17.8. The van der Waals surface area contributed by atoms with Crippen molar-refractivity contribution in [2.24, 2.45) is 0 Å². The molecule has 1 amide bonds. The summed E-state index contributed by atoms with van der Waals surface area (Å²) in [5.74, 6) is -1.08. The Kier molecular flexibility index (Phi) is 5.55. The second-order valence-corrected chi connectivity index (χ2v) is 6.77. The number of carboxylic acids is 1. The van der Waals surface area contributed by atoms with Gasteiger partial charge in [0.1, 0.15) is 6.54 Å². The van der Waals surface area contributed by atoms with E-state index >= 15 is 0 Å². The molecule has 7 heteroatoms. The van der Waals surface area contributed by atoms with Crippen LogP contribution in [0.25, 0.3) is 0 Å². The molecule has 2 saturated heterocycles. The number of likely N-dealkylation sites (tertiary alicyclic amines) is 2. The predicted molar refractivity (Wildman–Crippen MR) is 93.7 cm³/mol. The quantitative estimate of drug-likeness (QED) is 0.731. The van der Waals surface area contributed by atoms with Crippen LogP contribution in [-0.4, -0.2) is 76.8 Å². The lowest BCUT2D eigenvalue weighted by Gasteiger charge is -2.33. The monoisotopic (exact) mass is 347 g/mol. The highest BCUT2D eigenvalue weighted by molar-refractivity contribution is 5.95. The van der Waals surface area contributed by atoms with E-state index in [9.17, 15) is 14.7 Å². The molecule has 2 aliphatic rings. The lowest BCUT2D eigenvalue weighted by atomic mass is 10.1. The van der Waals surface area contributed by atoms with Crippen molar-refractivity contribution in [2.45, 2.75) is 31.4 Å². The molecule has 1 aromatic rings. The standard InChI is InChI=1S/C18H25N3O4/c22-16-12-21(11-15(16)20-7-2-1-3-8-20)18(25)13-5-4-6-14(9-13)19-10-17(23)24/h4-6,9,15-16,19,22H,1-3,7-8,10-12H2,(H,23,24)/t15-,16-/m0/s1. The normalized spacial score (nSPS) is 24.3. The van der Waals surface area contributed by atoms with Crippen molar-refractivity contribution in [3.8, 4) is 0 Å². The number of β-amino-alcohol motifs (C(OH)–C–C–N with tert-alkyl or cyclic N) is 1. The number of aliphatic carboxylic acids is 1. The van der Waals surface area contributed by atoms with Gasteiger partial charge in [0.15, 0.2) is 0 Å². The van der Waals surface area contributed by atoms with Gasteiger partial charge in [-0.25, -0.2) is 0 Å². The number of carbonyl (C=O) groups excluding carboxylic acids is 1. The van der Waals surface area contributed by atoms with Crippen molar-refractivity contribution in [1.82, 2.24) is 9.80 Å². The van der Waals surface area contributed by atoms with Crippen LogP contribution in [0.5, 0.6) is 0 Å². The van der Waals surface area contributed by atoms with Gasteiger partial charge in [-0.1, -0.05) is 12.5 Å². The lowest BCUT2D eigenvalue weighted by Crippen LogP contribution is -2.46. The van der Waals surface area contributed by atoms with Crippen LogP contribution in [0.1, 0.15) is 29.6 Å². The highest BCUT2D eigenvalue weighted by atomic mass is 16.4. The number of hydrogen-bond acceptors (Lipinski definition) is 5. The fourth-order valence-electron chi connectivity index (χ4n) is 3.67. The third-order valence-corrected chi connectivity index (χ3v) is 4.96. The fourth-order valence-corrected chi connectivity index (χ4v) is 3.67. The van der Waals surface area contributed by atoms with Crippen molar-refractivity contribution < 1.29 is 19.8 Å². The molecule has 2 aliphatic heterocycles. The Bertz CT molecular complexity index is 631. The van der Waals surface area contributed by atoms with Gasteiger partial charge in [0.2, 0.25) is 0 Å². The highest BCUT2D eigenvalue weighted by Crippen LogP contribution is 2.23. The Morgan fingerprint density at radius 2 is 1.92 bits per heavy atom. The maximum Gasteiger partial charge on any atom is 0.322 e. The second-order valence-electron chi connectivity index (χ2n) is 6.77. The van der Waals surface area contributed by atoms with Gasteiger partial charge in [-0.15, -0.1) is 0 Å². The Hall–Kier alpha value is -2.12. The number of aliphatic hydroxyl groups is 1. The summed E-state index contributed by atoms with van der Waals surface area (Å²) in [5, 5.41) is 21.9. The topological polar surface area (TPSA) is 93.1 Å². The first-order valence-corrected chi connectivity index (χ1v) is 8.82. The molecule has 0 aromatic heterocycles. The molecule has 2 fully saturated rings. The molecular formula is C18H25N3O4. The van der Waals surface area contributed by atoms with E-state index in [2.05, 4.69) is 10.2 Å². The Morgan fingerprint density at radius 1 is 1.16 bits per heavy atom.